The maximum Gasteiger partial charge on any atom is 0.421 e. The van der Waals surface area contributed by atoms with Crippen molar-refractivity contribution in [3.8, 4) is 17.6 Å². The lowest BCUT2D eigenvalue weighted by Crippen LogP contribution is -2.38. The maximum atomic E-state index is 14.5. The molecule has 6 rings (SSSR count). The van der Waals surface area contributed by atoms with Crippen molar-refractivity contribution in [2.75, 3.05) is 20.8 Å². The fraction of sp³-hybridized carbons (Fsp3) is 0.462. The molecule has 3 aromatic rings. The van der Waals surface area contributed by atoms with Crippen molar-refractivity contribution in [1.82, 2.24) is 30.9 Å². The summed E-state index contributed by atoms with van der Waals surface area (Å²) in [4.78, 5) is 36.6. The molecule has 16 heteroatoms. The zero-order chi connectivity index (χ0) is 39.5. The third-order valence-corrected chi connectivity index (χ3v) is 10.7. The Labute approximate surface area is 321 Å². The zero-order valence-corrected chi connectivity index (χ0v) is 31.8. The van der Waals surface area contributed by atoms with Crippen LogP contribution in [0.3, 0.4) is 0 Å². The van der Waals surface area contributed by atoms with E-state index in [9.17, 15) is 27.9 Å². The summed E-state index contributed by atoms with van der Waals surface area (Å²) in [5, 5.41) is 19.0. The lowest BCUT2D eigenvalue weighted by Gasteiger charge is -2.21. The van der Waals surface area contributed by atoms with E-state index in [1.165, 1.54) is 14.2 Å². The number of benzene rings is 1. The highest BCUT2D eigenvalue weighted by molar-refractivity contribution is 6.40. The molecule has 4 N–H and O–H groups in total. The van der Waals surface area contributed by atoms with Crippen molar-refractivity contribution in [3.05, 3.63) is 80.8 Å². The highest BCUT2D eigenvalue weighted by Crippen LogP contribution is 2.45. The summed E-state index contributed by atoms with van der Waals surface area (Å²) in [5.74, 6) is -1.38. The van der Waals surface area contributed by atoms with E-state index in [0.29, 0.717) is 85.1 Å². The number of hydrogen-bond donors (Lipinski definition) is 4. The van der Waals surface area contributed by atoms with Crippen LogP contribution < -0.4 is 30.2 Å². The Morgan fingerprint density at radius 3 is 2.51 bits per heavy atom. The Balaban J connectivity index is 1.24. The number of aliphatic carboxylic acids is 1. The Morgan fingerprint density at radius 2 is 1.87 bits per heavy atom. The molecule has 294 valence electrons. The van der Waals surface area contributed by atoms with Gasteiger partial charge in [-0.15, -0.1) is 0 Å². The second kappa shape index (κ2) is 16.6. The van der Waals surface area contributed by atoms with E-state index in [-0.39, 0.29) is 29.9 Å². The number of nitrogens with zero attached hydrogens (tertiary/aromatic N) is 3. The summed E-state index contributed by atoms with van der Waals surface area (Å²) in [6.07, 6.45) is 1.69. The van der Waals surface area contributed by atoms with Gasteiger partial charge in [-0.25, -0.2) is 4.98 Å². The Bertz CT molecular complexity index is 2020. The monoisotopic (exact) mass is 784 g/mol. The van der Waals surface area contributed by atoms with Crippen molar-refractivity contribution in [1.29, 1.82) is 0 Å². The molecular formula is C39H44ClF3N6O6. The van der Waals surface area contributed by atoms with Crippen LogP contribution in [0.4, 0.5) is 13.2 Å². The van der Waals surface area contributed by atoms with E-state index in [1.54, 1.807) is 6.20 Å². The average Bonchev–Trinajstić information content (AvgIpc) is 3.70. The van der Waals surface area contributed by atoms with Gasteiger partial charge in [0.2, 0.25) is 23.5 Å². The van der Waals surface area contributed by atoms with Gasteiger partial charge in [0.15, 0.2) is 0 Å². The highest BCUT2D eigenvalue weighted by atomic mass is 35.5. The van der Waals surface area contributed by atoms with E-state index in [0.717, 1.165) is 29.2 Å². The molecule has 3 heterocycles. The van der Waals surface area contributed by atoms with Crippen LogP contribution in [0.1, 0.15) is 97.7 Å². The van der Waals surface area contributed by atoms with Crippen LogP contribution in [-0.2, 0) is 35.3 Å². The van der Waals surface area contributed by atoms with Crippen LogP contribution in [0.25, 0.3) is 11.1 Å². The minimum atomic E-state index is -4.81. The quantitative estimate of drug-likeness (QED) is 0.117. The number of alkyl halides is 3. The topological polar surface area (TPSA) is 157 Å². The molecule has 1 aromatic carbocycles. The number of carboxylic acid groups (broad SMARTS) is 1. The minimum absolute atomic E-state index is 0.0503. The lowest BCUT2D eigenvalue weighted by molar-refractivity contribution is -0.141. The van der Waals surface area contributed by atoms with Crippen LogP contribution in [0, 0.1) is 0 Å². The molecule has 0 bridgehead atoms. The number of ether oxygens (including phenoxy) is 3. The third-order valence-electron chi connectivity index (χ3n) is 10.2. The number of amides is 1. The number of hydrogen-bond acceptors (Lipinski definition) is 10. The largest absolute Gasteiger partial charge is 0.481 e. The molecular weight excluding hydrogens is 741 g/mol. The van der Waals surface area contributed by atoms with Crippen LogP contribution >= 0.6 is 11.6 Å². The summed E-state index contributed by atoms with van der Waals surface area (Å²) in [7, 11) is 2.81. The van der Waals surface area contributed by atoms with Crippen molar-refractivity contribution in [3.63, 3.8) is 0 Å². The molecule has 2 fully saturated rings. The second-order valence-electron chi connectivity index (χ2n) is 13.9. The number of rotatable bonds is 16. The van der Waals surface area contributed by atoms with Gasteiger partial charge in [-0.05, 0) is 79.4 Å². The van der Waals surface area contributed by atoms with Gasteiger partial charge in [0.1, 0.15) is 22.9 Å². The SMILES string of the molecule is CC/C=C(\C(Cl)=C(/C)c1cnc(CNC[C@@H]2CCC(=O)N2)c(OC)n1)c1cccc2c1CC[C@@H]2Oc1nc(OC)c(CNC2(C(=O)O)CC2)cc1C(F)(F)F. The first kappa shape index (κ1) is 39.9. The predicted octanol–water partition coefficient (Wildman–Crippen LogP) is 6.51. The van der Waals surface area contributed by atoms with Gasteiger partial charge in [0, 0.05) is 37.7 Å². The highest BCUT2D eigenvalue weighted by Gasteiger charge is 2.50. The van der Waals surface area contributed by atoms with Gasteiger partial charge < -0.3 is 30.0 Å². The molecule has 55 heavy (non-hydrogen) atoms. The number of pyridine rings is 1. The molecule has 3 aliphatic rings. The number of carboxylic acids is 1. The van der Waals surface area contributed by atoms with Crippen molar-refractivity contribution >= 4 is 34.6 Å². The standard InChI is InChI=1S/C39H44ClF3N6O6/c1-5-7-27(33(40)21(2)29-20-45-30(36(48-29)54-4)19-44-18-23-10-13-32(50)47-23)24-8-6-9-26-25(24)11-12-31(26)55-35-28(39(41,42)43)16-22(34(49-35)53-3)17-46-38(14-15-38)37(51)52/h6-9,16,20,23,31,44,46H,5,10-15,17-19H2,1-4H3,(H,47,50)(H,51,52)/b27-7-,33-21-/t23-,31-/m0/s1. The molecule has 1 amide bonds. The van der Waals surface area contributed by atoms with E-state index < -0.39 is 35.2 Å². The second-order valence-corrected chi connectivity index (χ2v) is 14.3. The maximum absolute atomic E-state index is 14.5. The first-order valence-corrected chi connectivity index (χ1v) is 18.6. The Morgan fingerprint density at radius 1 is 1.11 bits per heavy atom. The lowest BCUT2D eigenvalue weighted by atomic mass is 9.94. The van der Waals surface area contributed by atoms with Crippen LogP contribution in [0.5, 0.6) is 17.6 Å². The summed E-state index contributed by atoms with van der Waals surface area (Å²) >= 11 is 7.15. The molecule has 1 saturated heterocycles. The molecule has 12 nitrogen and oxygen atoms in total. The predicted molar refractivity (Wildman–Crippen MR) is 199 cm³/mol. The van der Waals surface area contributed by atoms with Crippen LogP contribution in [0.2, 0.25) is 0 Å². The van der Waals surface area contributed by atoms with Gasteiger partial charge in [-0.3, -0.25) is 19.9 Å². The van der Waals surface area contributed by atoms with E-state index in [4.69, 9.17) is 30.8 Å². The normalized spacial score (nSPS) is 19.4. The van der Waals surface area contributed by atoms with E-state index in [1.807, 2.05) is 38.1 Å². The van der Waals surface area contributed by atoms with Gasteiger partial charge in [-0.1, -0.05) is 42.8 Å². The molecule has 1 aliphatic heterocycles. The number of carbonyl (C=O) groups is 2. The smallest absolute Gasteiger partial charge is 0.421 e. The van der Waals surface area contributed by atoms with Crippen molar-refractivity contribution in [2.45, 2.75) is 95.7 Å². The number of carbonyl (C=O) groups excluding carboxylic acids is 1. The number of aromatic nitrogens is 3. The Hall–Kier alpha value is -4.73. The van der Waals surface area contributed by atoms with Crippen molar-refractivity contribution < 1.29 is 42.1 Å². The molecule has 2 atom stereocenters. The van der Waals surface area contributed by atoms with Crippen LogP contribution in [0.15, 0.2) is 41.6 Å². The Kier molecular flexibility index (Phi) is 12.0. The number of fused-ring (bicyclic) bond motifs is 1. The summed E-state index contributed by atoms with van der Waals surface area (Å²) in [5.41, 5.74) is 2.77. The van der Waals surface area contributed by atoms with Gasteiger partial charge >= 0.3 is 12.1 Å². The number of allylic oxidation sites excluding steroid dienone is 4. The molecule has 2 aliphatic carbocycles. The molecule has 0 unspecified atom stereocenters. The summed E-state index contributed by atoms with van der Waals surface area (Å²) in [6, 6.07) is 6.56. The molecule has 2 aromatic heterocycles. The summed E-state index contributed by atoms with van der Waals surface area (Å²) < 4.78 is 60.4. The third kappa shape index (κ3) is 8.73. The fourth-order valence-electron chi connectivity index (χ4n) is 6.99. The van der Waals surface area contributed by atoms with Crippen LogP contribution in [-0.4, -0.2) is 64.3 Å². The molecule has 0 radical (unpaired) electrons. The van der Waals surface area contributed by atoms with Gasteiger partial charge in [-0.2, -0.15) is 18.2 Å². The fourth-order valence-corrected chi connectivity index (χ4v) is 7.27. The van der Waals surface area contributed by atoms with E-state index in [2.05, 4.69) is 25.9 Å². The number of halogens is 4. The average molecular weight is 785 g/mol. The first-order chi connectivity index (χ1) is 26.3. The molecule has 0 spiro atoms. The van der Waals surface area contributed by atoms with E-state index >= 15 is 0 Å². The minimum Gasteiger partial charge on any atom is -0.481 e. The summed E-state index contributed by atoms with van der Waals surface area (Å²) in [6.45, 7) is 4.63. The van der Waals surface area contributed by atoms with Gasteiger partial charge in [0.05, 0.1) is 31.1 Å². The molecule has 1 saturated carbocycles. The first-order valence-electron chi connectivity index (χ1n) is 18.2. The zero-order valence-electron chi connectivity index (χ0n) is 31.0. The number of methoxy groups -OCH3 is 2. The number of nitrogens with one attached hydrogen (secondary N) is 3. The van der Waals surface area contributed by atoms with Crippen molar-refractivity contribution in [2.24, 2.45) is 0 Å². The van der Waals surface area contributed by atoms with Gasteiger partial charge in [0.25, 0.3) is 0 Å².